The van der Waals surface area contributed by atoms with Crippen molar-refractivity contribution in [1.29, 1.82) is 0 Å². The number of piperidine rings is 1. The second kappa shape index (κ2) is 12.2. The number of carbonyl (C=O) groups is 1. The fourth-order valence-electron chi connectivity index (χ4n) is 4.26. The Morgan fingerprint density at radius 2 is 1.92 bits per heavy atom. The number of anilines is 1. The highest BCUT2D eigenvalue weighted by molar-refractivity contribution is 6.35. The molecule has 1 saturated heterocycles. The summed E-state index contributed by atoms with van der Waals surface area (Å²) >= 11 is 12.2. The van der Waals surface area contributed by atoms with Gasteiger partial charge in [0.1, 0.15) is 0 Å². The summed E-state index contributed by atoms with van der Waals surface area (Å²) in [6.07, 6.45) is 4.10. The molecule has 1 aliphatic heterocycles. The molecule has 1 amide bonds. The third-order valence-electron chi connectivity index (χ3n) is 6.33. The van der Waals surface area contributed by atoms with Crippen LogP contribution in [-0.4, -0.2) is 49.3 Å². The largest absolute Gasteiger partial charge is 0.493 e. The highest BCUT2D eigenvalue weighted by Gasteiger charge is 2.21. The van der Waals surface area contributed by atoms with Crippen LogP contribution in [0.25, 0.3) is 0 Å². The number of nitrogens with one attached hydrogen (secondary N) is 1. The fourth-order valence-corrected chi connectivity index (χ4v) is 4.77. The number of methoxy groups -OCH3 is 1. The molecule has 2 N–H and O–H groups in total. The molecule has 0 saturated carbocycles. The van der Waals surface area contributed by atoms with Crippen LogP contribution >= 0.6 is 23.2 Å². The van der Waals surface area contributed by atoms with E-state index in [-0.39, 0.29) is 11.8 Å². The molecule has 0 aliphatic carbocycles. The van der Waals surface area contributed by atoms with Gasteiger partial charge in [0, 0.05) is 59.6 Å². The van der Waals surface area contributed by atoms with Gasteiger partial charge in [0.2, 0.25) is 5.88 Å². The molecule has 1 aromatic heterocycles. The number of halogens is 2. The van der Waals surface area contributed by atoms with E-state index < -0.39 is 0 Å². The van der Waals surface area contributed by atoms with Crippen LogP contribution in [0.1, 0.15) is 28.8 Å². The normalized spacial score (nSPS) is 13.9. The molecular weight excluding hydrogens is 501 g/mol. The van der Waals surface area contributed by atoms with Crippen molar-refractivity contribution in [2.45, 2.75) is 19.3 Å². The van der Waals surface area contributed by atoms with E-state index in [0.29, 0.717) is 52.6 Å². The maximum Gasteiger partial charge on any atom is 0.251 e. The Hall–Kier alpha value is -3.16. The van der Waals surface area contributed by atoms with Gasteiger partial charge in [0.15, 0.2) is 11.5 Å². The summed E-state index contributed by atoms with van der Waals surface area (Å²) in [6.45, 7) is 2.70. The lowest BCUT2D eigenvalue weighted by atomic mass is 9.96. The number of rotatable bonds is 9. The Labute approximate surface area is 221 Å². The Balaban J connectivity index is 1.29. The summed E-state index contributed by atoms with van der Waals surface area (Å²) in [4.78, 5) is 18.9. The zero-order chi connectivity index (χ0) is 25.5. The number of benzene rings is 2. The first-order valence-corrected chi connectivity index (χ1v) is 12.6. The maximum atomic E-state index is 12.9. The number of hydrogen-bond donors (Lipinski definition) is 2. The Bertz CT molecular complexity index is 1200. The highest BCUT2D eigenvalue weighted by Crippen LogP contribution is 2.29. The molecule has 4 rings (SSSR count). The molecule has 2 aromatic carbocycles. The average molecular weight is 530 g/mol. The summed E-state index contributed by atoms with van der Waals surface area (Å²) in [6, 6.07) is 14.1. The van der Waals surface area contributed by atoms with Gasteiger partial charge in [-0.05, 0) is 60.7 Å². The van der Waals surface area contributed by atoms with Crippen LogP contribution in [0.2, 0.25) is 10.0 Å². The minimum absolute atomic E-state index is 0.0264. The van der Waals surface area contributed by atoms with Crippen LogP contribution in [-0.2, 0) is 6.42 Å². The Morgan fingerprint density at radius 3 is 2.64 bits per heavy atom. The molecule has 0 atom stereocenters. The first-order valence-electron chi connectivity index (χ1n) is 11.9. The molecule has 0 unspecified atom stereocenters. The van der Waals surface area contributed by atoms with Gasteiger partial charge in [0.05, 0.1) is 13.7 Å². The lowest BCUT2D eigenvalue weighted by molar-refractivity contribution is 0.0944. The van der Waals surface area contributed by atoms with Crippen molar-refractivity contribution < 1.29 is 19.4 Å². The van der Waals surface area contributed by atoms with Crippen molar-refractivity contribution in [3.8, 4) is 17.4 Å². The molecule has 1 aliphatic rings. The van der Waals surface area contributed by atoms with E-state index >= 15 is 0 Å². The van der Waals surface area contributed by atoms with Crippen LogP contribution in [0.4, 0.5) is 5.69 Å². The minimum Gasteiger partial charge on any atom is -0.493 e. The van der Waals surface area contributed by atoms with Crippen LogP contribution < -0.4 is 19.7 Å². The zero-order valence-electron chi connectivity index (χ0n) is 20.0. The number of pyridine rings is 1. The van der Waals surface area contributed by atoms with E-state index in [0.717, 1.165) is 37.2 Å². The predicted octanol–water partition coefficient (Wildman–Crippen LogP) is 5.37. The molecule has 190 valence electrons. The van der Waals surface area contributed by atoms with E-state index in [1.165, 1.54) is 0 Å². The summed E-state index contributed by atoms with van der Waals surface area (Å²) in [5.74, 6) is 1.33. The average Bonchev–Trinajstić information content (AvgIpc) is 2.88. The van der Waals surface area contributed by atoms with Crippen molar-refractivity contribution in [3.05, 3.63) is 75.9 Å². The number of nitrogens with zero attached hydrogens (tertiary/aromatic N) is 2. The summed E-state index contributed by atoms with van der Waals surface area (Å²) in [5, 5.41) is 13.8. The second-order valence-corrected chi connectivity index (χ2v) is 9.56. The van der Waals surface area contributed by atoms with Crippen LogP contribution in [0, 0.1) is 5.92 Å². The standard InChI is InChI=1S/C27H29Cl2N3O4/c1-35-24-5-3-20(14-25(24)36-13-9-19-2-4-21(28)15-23(19)29)27(34)31-17-18-7-11-32(12-8-18)22-6-10-30-26(33)16-22/h2-6,10,14-16,18H,7-9,11-13,17H2,1H3,(H,30,33)(H,31,34). The van der Waals surface area contributed by atoms with Crippen molar-refractivity contribution in [2.24, 2.45) is 5.92 Å². The number of aromatic hydroxyl groups is 1. The van der Waals surface area contributed by atoms with E-state index in [4.69, 9.17) is 32.7 Å². The molecule has 2 heterocycles. The molecular formula is C27H29Cl2N3O4. The molecule has 0 bridgehead atoms. The SMILES string of the molecule is COc1ccc(C(=O)NCC2CCN(c3ccnc(O)c3)CC2)cc1OCCc1ccc(Cl)cc1Cl. The number of aromatic nitrogens is 1. The second-order valence-electron chi connectivity index (χ2n) is 8.71. The Kier molecular flexibility index (Phi) is 8.78. The third-order valence-corrected chi connectivity index (χ3v) is 6.92. The predicted molar refractivity (Wildman–Crippen MR) is 142 cm³/mol. The van der Waals surface area contributed by atoms with Crippen LogP contribution in [0.15, 0.2) is 54.7 Å². The number of carbonyl (C=O) groups excluding carboxylic acids is 1. The van der Waals surface area contributed by atoms with Gasteiger partial charge < -0.3 is 24.8 Å². The number of ether oxygens (including phenoxy) is 2. The molecule has 0 radical (unpaired) electrons. The van der Waals surface area contributed by atoms with Crippen molar-refractivity contribution in [2.75, 3.05) is 38.3 Å². The summed E-state index contributed by atoms with van der Waals surface area (Å²) in [7, 11) is 1.57. The third kappa shape index (κ3) is 6.74. The molecule has 9 heteroatoms. The smallest absolute Gasteiger partial charge is 0.251 e. The molecule has 7 nitrogen and oxygen atoms in total. The van der Waals surface area contributed by atoms with Crippen molar-refractivity contribution in [1.82, 2.24) is 10.3 Å². The zero-order valence-corrected chi connectivity index (χ0v) is 21.6. The van der Waals surface area contributed by atoms with E-state index in [1.54, 1.807) is 49.7 Å². The fraction of sp³-hybridized carbons (Fsp3) is 0.333. The van der Waals surface area contributed by atoms with E-state index in [9.17, 15) is 9.90 Å². The van der Waals surface area contributed by atoms with Gasteiger partial charge in [-0.25, -0.2) is 4.98 Å². The van der Waals surface area contributed by atoms with E-state index in [2.05, 4.69) is 15.2 Å². The summed E-state index contributed by atoms with van der Waals surface area (Å²) in [5.41, 5.74) is 2.41. The van der Waals surface area contributed by atoms with Gasteiger partial charge in [-0.15, -0.1) is 0 Å². The maximum absolute atomic E-state index is 12.9. The van der Waals surface area contributed by atoms with E-state index in [1.807, 2.05) is 12.1 Å². The van der Waals surface area contributed by atoms with Crippen LogP contribution in [0.3, 0.4) is 0 Å². The first kappa shape index (κ1) is 25.9. The highest BCUT2D eigenvalue weighted by atomic mass is 35.5. The number of hydrogen-bond acceptors (Lipinski definition) is 6. The molecule has 36 heavy (non-hydrogen) atoms. The van der Waals surface area contributed by atoms with Gasteiger partial charge in [0.25, 0.3) is 5.91 Å². The quantitative estimate of drug-likeness (QED) is 0.387. The molecule has 3 aromatic rings. The molecule has 1 fully saturated rings. The van der Waals surface area contributed by atoms with Gasteiger partial charge in [-0.1, -0.05) is 29.3 Å². The first-order chi connectivity index (χ1) is 17.4. The monoisotopic (exact) mass is 529 g/mol. The molecule has 0 spiro atoms. The minimum atomic E-state index is -0.148. The lowest BCUT2D eigenvalue weighted by Crippen LogP contribution is -2.38. The van der Waals surface area contributed by atoms with Gasteiger partial charge in [-0.3, -0.25) is 4.79 Å². The van der Waals surface area contributed by atoms with Crippen molar-refractivity contribution >= 4 is 34.8 Å². The van der Waals surface area contributed by atoms with Crippen LogP contribution in [0.5, 0.6) is 17.4 Å². The Morgan fingerprint density at radius 1 is 1.11 bits per heavy atom. The van der Waals surface area contributed by atoms with Gasteiger partial charge in [-0.2, -0.15) is 0 Å². The lowest BCUT2D eigenvalue weighted by Gasteiger charge is -2.33. The van der Waals surface area contributed by atoms with Crippen molar-refractivity contribution in [3.63, 3.8) is 0 Å². The topological polar surface area (TPSA) is 83.9 Å². The summed E-state index contributed by atoms with van der Waals surface area (Å²) < 4.78 is 11.3. The van der Waals surface area contributed by atoms with Gasteiger partial charge >= 0.3 is 0 Å². The number of amides is 1.